The second kappa shape index (κ2) is 14.9. The molecular formula is C28H32ClF3N4O5. The van der Waals surface area contributed by atoms with Gasteiger partial charge >= 0.3 is 12.1 Å². The van der Waals surface area contributed by atoms with Crippen LogP contribution in [0.4, 0.5) is 13.2 Å². The molecule has 1 aromatic heterocycles. The normalized spacial score (nSPS) is 15.4. The summed E-state index contributed by atoms with van der Waals surface area (Å²) in [6.45, 7) is 2.87. The number of carbonyl (C=O) groups is 2. The molecule has 2 aromatic carbocycles. The maximum Gasteiger partial charge on any atom is 0.490 e. The second-order valence-electron chi connectivity index (χ2n) is 9.55. The molecule has 1 aliphatic heterocycles. The highest BCUT2D eigenvalue weighted by atomic mass is 35.5. The van der Waals surface area contributed by atoms with E-state index < -0.39 is 12.1 Å². The molecular weight excluding hydrogens is 565 g/mol. The fourth-order valence-electron chi connectivity index (χ4n) is 4.55. The summed E-state index contributed by atoms with van der Waals surface area (Å²) < 4.78 is 38.4. The topological polar surface area (TPSA) is 114 Å². The van der Waals surface area contributed by atoms with Crippen LogP contribution in [0.1, 0.15) is 30.5 Å². The molecule has 0 spiro atoms. The van der Waals surface area contributed by atoms with Crippen molar-refractivity contribution >= 4 is 34.2 Å². The summed E-state index contributed by atoms with van der Waals surface area (Å²) in [5, 5.41) is 17.1. The molecule has 1 fully saturated rings. The lowest BCUT2D eigenvalue weighted by atomic mass is 10.0. The number of methoxy groups -OCH3 is 1. The lowest BCUT2D eigenvalue weighted by molar-refractivity contribution is -0.192. The summed E-state index contributed by atoms with van der Waals surface area (Å²) >= 11 is 6.04. The van der Waals surface area contributed by atoms with Crippen LogP contribution in [-0.2, 0) is 27.3 Å². The Bertz CT molecular complexity index is 1380. The van der Waals surface area contributed by atoms with E-state index in [4.69, 9.17) is 31.3 Å². The predicted molar refractivity (Wildman–Crippen MR) is 148 cm³/mol. The van der Waals surface area contributed by atoms with Gasteiger partial charge in [-0.25, -0.2) is 9.48 Å². The standard InChI is InChI=1S/C26H31ClN4O3.C2HF3O2/c1-34-15-5-13-28-25(32)18-30-14-4-6-21(30)17-31-26(33)23-8-3-2-7-22(23)24(29-31)16-19-9-11-20(27)12-10-19;3-2(4,5)1(6)7/h2-3,7-12,21H,4-6,13-18H2,1H3,(H,28,32);(H,6,7)/t21-;/m1./s1. The Hall–Kier alpha value is -3.48. The molecule has 0 radical (unpaired) electrons. The number of nitrogens with one attached hydrogen (secondary N) is 1. The van der Waals surface area contributed by atoms with Crippen LogP contribution in [0.15, 0.2) is 53.3 Å². The Morgan fingerprint density at radius 2 is 1.80 bits per heavy atom. The summed E-state index contributed by atoms with van der Waals surface area (Å²) in [6, 6.07) is 15.4. The molecule has 2 N–H and O–H groups in total. The van der Waals surface area contributed by atoms with E-state index in [9.17, 15) is 22.8 Å². The van der Waals surface area contributed by atoms with E-state index in [0.29, 0.717) is 43.1 Å². The molecule has 9 nitrogen and oxygen atoms in total. The van der Waals surface area contributed by atoms with Gasteiger partial charge in [-0.05, 0) is 49.6 Å². The van der Waals surface area contributed by atoms with Crippen molar-refractivity contribution in [3.05, 3.63) is 75.2 Å². The van der Waals surface area contributed by atoms with Crippen molar-refractivity contribution in [1.29, 1.82) is 0 Å². The third-order valence-corrected chi connectivity index (χ3v) is 6.80. The van der Waals surface area contributed by atoms with Crippen molar-refractivity contribution in [2.24, 2.45) is 0 Å². The molecule has 2 heterocycles. The first-order valence-electron chi connectivity index (χ1n) is 13.0. The SMILES string of the molecule is COCCCNC(=O)CN1CCC[C@@H]1Cn1nc(Cc2ccc(Cl)cc2)c2ccccc2c1=O.O=C(O)C(F)(F)F. The fraction of sp³-hybridized carbons (Fsp3) is 0.429. The summed E-state index contributed by atoms with van der Waals surface area (Å²) in [6.07, 6.45) is -1.75. The molecule has 0 bridgehead atoms. The van der Waals surface area contributed by atoms with E-state index in [1.54, 1.807) is 11.8 Å². The minimum absolute atomic E-state index is 0.00486. The smallest absolute Gasteiger partial charge is 0.475 e. The summed E-state index contributed by atoms with van der Waals surface area (Å²) in [5.41, 5.74) is 1.85. The highest BCUT2D eigenvalue weighted by Gasteiger charge is 2.38. The number of nitrogens with zero attached hydrogens (tertiary/aromatic N) is 3. The molecule has 0 unspecified atom stereocenters. The van der Waals surface area contributed by atoms with Crippen molar-refractivity contribution < 1.29 is 32.6 Å². The molecule has 4 rings (SSSR count). The van der Waals surface area contributed by atoms with Crippen molar-refractivity contribution in [3.63, 3.8) is 0 Å². The maximum atomic E-state index is 13.3. The summed E-state index contributed by atoms with van der Waals surface area (Å²) in [5.74, 6) is -2.75. The third kappa shape index (κ3) is 9.55. The monoisotopic (exact) mass is 596 g/mol. The first-order valence-corrected chi connectivity index (χ1v) is 13.4. The predicted octanol–water partition coefficient (Wildman–Crippen LogP) is 3.89. The molecule has 41 heavy (non-hydrogen) atoms. The zero-order chi connectivity index (χ0) is 30.0. The van der Waals surface area contributed by atoms with Gasteiger partial charge in [0.05, 0.1) is 24.2 Å². The van der Waals surface area contributed by atoms with Crippen molar-refractivity contribution in [1.82, 2.24) is 20.0 Å². The Morgan fingerprint density at radius 3 is 2.44 bits per heavy atom. The Morgan fingerprint density at radius 1 is 1.15 bits per heavy atom. The quantitative estimate of drug-likeness (QED) is 0.341. The van der Waals surface area contributed by atoms with Crippen LogP contribution in [0.2, 0.25) is 5.02 Å². The van der Waals surface area contributed by atoms with E-state index in [1.165, 1.54) is 0 Å². The zero-order valence-corrected chi connectivity index (χ0v) is 23.2. The van der Waals surface area contributed by atoms with Crippen molar-refractivity contribution in [3.8, 4) is 0 Å². The number of carbonyl (C=O) groups excluding carboxylic acids is 1. The van der Waals surface area contributed by atoms with Gasteiger partial charge in [-0.15, -0.1) is 0 Å². The number of aromatic nitrogens is 2. The number of fused-ring (bicyclic) bond motifs is 1. The number of amides is 1. The number of rotatable bonds is 10. The van der Waals surface area contributed by atoms with E-state index in [-0.39, 0.29) is 17.5 Å². The summed E-state index contributed by atoms with van der Waals surface area (Å²) in [4.78, 5) is 36.7. The summed E-state index contributed by atoms with van der Waals surface area (Å²) in [7, 11) is 1.65. The van der Waals surface area contributed by atoms with Gasteiger partial charge < -0.3 is 15.2 Å². The molecule has 0 aliphatic carbocycles. The molecule has 1 saturated heterocycles. The van der Waals surface area contributed by atoms with Crippen molar-refractivity contribution in [2.75, 3.05) is 33.4 Å². The van der Waals surface area contributed by atoms with E-state index in [1.807, 2.05) is 48.5 Å². The average Bonchev–Trinajstić information content (AvgIpc) is 3.36. The maximum absolute atomic E-state index is 13.3. The number of carboxylic acid groups (broad SMARTS) is 1. The van der Waals surface area contributed by atoms with Gasteiger partial charge in [0.2, 0.25) is 5.91 Å². The zero-order valence-electron chi connectivity index (χ0n) is 22.5. The number of hydrogen-bond acceptors (Lipinski definition) is 6. The third-order valence-electron chi connectivity index (χ3n) is 6.55. The molecule has 13 heteroatoms. The lowest BCUT2D eigenvalue weighted by Crippen LogP contribution is -2.43. The van der Waals surface area contributed by atoms with Gasteiger partial charge in [0.25, 0.3) is 5.56 Å². The molecule has 0 saturated carbocycles. The van der Waals surface area contributed by atoms with Gasteiger partial charge in [-0.1, -0.05) is 41.9 Å². The van der Waals surface area contributed by atoms with Crippen LogP contribution >= 0.6 is 11.6 Å². The molecule has 3 aromatic rings. The van der Waals surface area contributed by atoms with Crippen LogP contribution in [0.5, 0.6) is 0 Å². The molecule has 222 valence electrons. The number of likely N-dealkylation sites (tertiary alicyclic amines) is 1. The van der Waals surface area contributed by atoms with E-state index in [0.717, 1.165) is 42.5 Å². The Balaban J connectivity index is 0.000000587. The van der Waals surface area contributed by atoms with Gasteiger partial charge in [-0.3, -0.25) is 14.5 Å². The number of benzene rings is 2. The van der Waals surface area contributed by atoms with Crippen LogP contribution < -0.4 is 10.9 Å². The molecule has 1 amide bonds. The largest absolute Gasteiger partial charge is 0.490 e. The number of hydrogen-bond donors (Lipinski definition) is 2. The first-order chi connectivity index (χ1) is 19.5. The van der Waals surface area contributed by atoms with Crippen LogP contribution in [0, 0.1) is 0 Å². The van der Waals surface area contributed by atoms with Crippen molar-refractivity contribution in [2.45, 2.75) is 44.4 Å². The van der Waals surface area contributed by atoms with Gasteiger partial charge in [0.15, 0.2) is 0 Å². The number of halogens is 4. The number of alkyl halides is 3. The van der Waals surface area contributed by atoms with Gasteiger partial charge in [0, 0.05) is 43.1 Å². The fourth-order valence-corrected chi connectivity index (χ4v) is 4.68. The number of ether oxygens (including phenoxy) is 1. The van der Waals surface area contributed by atoms with E-state index >= 15 is 0 Å². The average molecular weight is 597 g/mol. The van der Waals surface area contributed by atoms with Crippen LogP contribution in [0.25, 0.3) is 10.8 Å². The highest BCUT2D eigenvalue weighted by Crippen LogP contribution is 2.21. The number of carboxylic acids is 1. The second-order valence-corrected chi connectivity index (χ2v) is 9.98. The molecule has 1 aliphatic rings. The number of aliphatic carboxylic acids is 1. The van der Waals surface area contributed by atoms with Crippen LogP contribution in [-0.4, -0.2) is 77.2 Å². The Labute approximate surface area is 239 Å². The lowest BCUT2D eigenvalue weighted by Gasteiger charge is -2.24. The van der Waals surface area contributed by atoms with Crippen LogP contribution in [0.3, 0.4) is 0 Å². The minimum atomic E-state index is -5.08. The molecule has 1 atom stereocenters. The minimum Gasteiger partial charge on any atom is -0.475 e. The van der Waals surface area contributed by atoms with E-state index in [2.05, 4.69) is 10.2 Å². The highest BCUT2D eigenvalue weighted by molar-refractivity contribution is 6.30. The van der Waals surface area contributed by atoms with Gasteiger partial charge in [-0.2, -0.15) is 18.3 Å². The van der Waals surface area contributed by atoms with Gasteiger partial charge in [0.1, 0.15) is 0 Å². The Kier molecular flexibility index (Phi) is 11.7. The first kappa shape index (κ1) is 32.0.